The topological polar surface area (TPSA) is 20.3 Å². The summed E-state index contributed by atoms with van der Waals surface area (Å²) in [6, 6.07) is 0. The van der Waals surface area contributed by atoms with Gasteiger partial charge in [-0.25, -0.2) is 0 Å². The third-order valence-corrected chi connectivity index (χ3v) is 5.28. The van der Waals surface area contributed by atoms with Crippen LogP contribution in [0.3, 0.4) is 0 Å². The molecule has 0 aromatic rings. The zero-order chi connectivity index (χ0) is 16.4. The van der Waals surface area contributed by atoms with Crippen molar-refractivity contribution in [3.8, 4) is 0 Å². The van der Waals surface area contributed by atoms with E-state index in [0.29, 0.717) is 0 Å². The molecule has 0 aliphatic carbocycles. The van der Waals surface area contributed by atoms with E-state index in [-0.39, 0.29) is 5.91 Å². The molecule has 1 aliphatic heterocycles. The number of carbonyl (C=O) groups is 1. The van der Waals surface area contributed by atoms with Crippen LogP contribution in [-0.4, -0.2) is 17.4 Å². The molecule has 126 valence electrons. The second kappa shape index (κ2) is 11.9. The summed E-state index contributed by atoms with van der Waals surface area (Å²) in [5.41, 5.74) is 0.904. The second-order valence-corrected chi connectivity index (χ2v) is 9.28. The standard InChI is InChI=1S/C17H26Br3NO/c1-2-3-4-5-6-7-8-9-10-11-12-21-15(22)13-14(18)16(21)17(19)20/h13H,2-12H2,1H3. The molecule has 1 amide bonds. The second-order valence-electron chi connectivity index (χ2n) is 5.77. The summed E-state index contributed by atoms with van der Waals surface area (Å²) in [4.78, 5) is 13.8. The van der Waals surface area contributed by atoms with Crippen LogP contribution in [0.25, 0.3) is 0 Å². The highest BCUT2D eigenvalue weighted by molar-refractivity contribution is 9.28. The van der Waals surface area contributed by atoms with Crippen molar-refractivity contribution in [3.63, 3.8) is 0 Å². The van der Waals surface area contributed by atoms with Crippen LogP contribution in [0.1, 0.15) is 71.1 Å². The number of rotatable bonds is 11. The number of amides is 1. The van der Waals surface area contributed by atoms with E-state index in [1.165, 1.54) is 57.8 Å². The Morgan fingerprint density at radius 3 is 1.95 bits per heavy atom. The van der Waals surface area contributed by atoms with Crippen LogP contribution < -0.4 is 0 Å². The predicted octanol–water partition coefficient (Wildman–Crippen LogP) is 6.99. The monoisotopic (exact) mass is 497 g/mol. The molecule has 1 heterocycles. The molecule has 5 heteroatoms. The number of unbranched alkanes of at least 4 members (excludes halogenated alkanes) is 9. The maximum absolute atomic E-state index is 11.9. The van der Waals surface area contributed by atoms with Crippen LogP contribution >= 0.6 is 47.8 Å². The quantitative estimate of drug-likeness (QED) is 0.280. The molecule has 0 unspecified atom stereocenters. The molecule has 0 atom stereocenters. The molecule has 1 rings (SSSR count). The van der Waals surface area contributed by atoms with Crippen molar-refractivity contribution in [1.82, 2.24) is 4.90 Å². The molecule has 0 aromatic carbocycles. The van der Waals surface area contributed by atoms with Gasteiger partial charge in [0.2, 0.25) is 0 Å². The summed E-state index contributed by atoms with van der Waals surface area (Å²) in [6.45, 7) is 3.05. The summed E-state index contributed by atoms with van der Waals surface area (Å²) >= 11 is 10.3. The minimum atomic E-state index is 0.0641. The molecule has 0 N–H and O–H groups in total. The van der Waals surface area contributed by atoms with E-state index in [1.807, 2.05) is 4.90 Å². The molecule has 22 heavy (non-hydrogen) atoms. The Labute approximate surface area is 160 Å². The van der Waals surface area contributed by atoms with Crippen LogP contribution in [0.15, 0.2) is 19.6 Å². The van der Waals surface area contributed by atoms with Gasteiger partial charge in [0.1, 0.15) is 0 Å². The van der Waals surface area contributed by atoms with Crippen molar-refractivity contribution >= 4 is 53.7 Å². The maximum Gasteiger partial charge on any atom is 0.252 e. The van der Waals surface area contributed by atoms with Gasteiger partial charge in [0.25, 0.3) is 5.91 Å². The molecule has 0 radical (unpaired) electrons. The van der Waals surface area contributed by atoms with Crippen LogP contribution in [0.5, 0.6) is 0 Å². The maximum atomic E-state index is 11.9. The zero-order valence-corrected chi connectivity index (χ0v) is 18.1. The third-order valence-electron chi connectivity index (χ3n) is 3.93. The summed E-state index contributed by atoms with van der Waals surface area (Å²) in [5.74, 6) is 0.0641. The minimum Gasteiger partial charge on any atom is -0.306 e. The molecule has 0 saturated carbocycles. The van der Waals surface area contributed by atoms with E-state index in [4.69, 9.17) is 0 Å². The first-order valence-electron chi connectivity index (χ1n) is 8.32. The lowest BCUT2D eigenvalue weighted by molar-refractivity contribution is -0.123. The van der Waals surface area contributed by atoms with Crippen molar-refractivity contribution in [2.75, 3.05) is 6.54 Å². The van der Waals surface area contributed by atoms with Gasteiger partial charge in [-0.05, 0) is 54.2 Å². The number of nitrogens with zero attached hydrogens (tertiary/aromatic N) is 1. The molecular weight excluding hydrogens is 474 g/mol. The largest absolute Gasteiger partial charge is 0.306 e. The molecule has 0 spiro atoms. The summed E-state index contributed by atoms with van der Waals surface area (Å²) in [7, 11) is 0. The Morgan fingerprint density at radius 1 is 0.955 bits per heavy atom. The van der Waals surface area contributed by atoms with E-state index in [1.54, 1.807) is 6.08 Å². The average Bonchev–Trinajstić information content (AvgIpc) is 2.75. The lowest BCUT2D eigenvalue weighted by atomic mass is 10.1. The van der Waals surface area contributed by atoms with Gasteiger partial charge in [0.05, 0.1) is 9.09 Å². The summed E-state index contributed by atoms with van der Waals surface area (Å²) in [6.07, 6.45) is 14.7. The van der Waals surface area contributed by atoms with Crippen molar-refractivity contribution in [3.05, 3.63) is 19.6 Å². The molecule has 0 aromatic heterocycles. The SMILES string of the molecule is CCCCCCCCCCCCN1C(=O)C=C(Br)C1=C(Br)Br. The van der Waals surface area contributed by atoms with Gasteiger partial charge in [-0.15, -0.1) is 0 Å². The Morgan fingerprint density at radius 2 is 1.45 bits per heavy atom. The fraction of sp³-hybridized carbons (Fsp3) is 0.706. The number of allylic oxidation sites excluding steroid dienone is 1. The lowest BCUT2D eigenvalue weighted by Gasteiger charge is -2.19. The zero-order valence-electron chi connectivity index (χ0n) is 13.3. The molecule has 0 saturated heterocycles. The van der Waals surface area contributed by atoms with Crippen molar-refractivity contribution in [1.29, 1.82) is 0 Å². The first-order chi connectivity index (χ1) is 10.6. The van der Waals surface area contributed by atoms with E-state index < -0.39 is 0 Å². The van der Waals surface area contributed by atoms with Gasteiger partial charge < -0.3 is 4.90 Å². The van der Waals surface area contributed by atoms with Crippen molar-refractivity contribution in [2.45, 2.75) is 71.1 Å². The molecular formula is C17H26Br3NO. The van der Waals surface area contributed by atoms with Crippen LogP contribution in [0.4, 0.5) is 0 Å². The van der Waals surface area contributed by atoms with Gasteiger partial charge in [-0.1, -0.05) is 64.7 Å². The smallest absolute Gasteiger partial charge is 0.252 e. The fourth-order valence-corrected chi connectivity index (χ4v) is 4.66. The van der Waals surface area contributed by atoms with Gasteiger partial charge in [0, 0.05) is 17.1 Å². The first-order valence-corrected chi connectivity index (χ1v) is 10.7. The van der Waals surface area contributed by atoms with Gasteiger partial charge in [0.15, 0.2) is 0 Å². The Hall–Kier alpha value is 0.390. The average molecular weight is 500 g/mol. The van der Waals surface area contributed by atoms with Crippen LogP contribution in [-0.2, 0) is 4.79 Å². The number of carbonyl (C=O) groups excluding carboxylic acids is 1. The fourth-order valence-electron chi connectivity index (χ4n) is 2.67. The molecule has 1 aliphatic rings. The van der Waals surface area contributed by atoms with E-state index in [2.05, 4.69) is 54.7 Å². The molecule has 0 bridgehead atoms. The highest BCUT2D eigenvalue weighted by Crippen LogP contribution is 2.35. The van der Waals surface area contributed by atoms with Crippen LogP contribution in [0, 0.1) is 0 Å². The normalized spacial score (nSPS) is 14.7. The Balaban J connectivity index is 2.10. The number of hydrogen-bond acceptors (Lipinski definition) is 1. The number of halogens is 3. The number of hydrogen-bond donors (Lipinski definition) is 0. The lowest BCUT2D eigenvalue weighted by Crippen LogP contribution is -2.25. The predicted molar refractivity (Wildman–Crippen MR) is 105 cm³/mol. The molecule has 0 fully saturated rings. The van der Waals surface area contributed by atoms with E-state index >= 15 is 0 Å². The summed E-state index contributed by atoms with van der Waals surface area (Å²) in [5, 5.41) is 0. The van der Waals surface area contributed by atoms with Gasteiger partial charge in [-0.3, -0.25) is 4.79 Å². The Kier molecular flexibility index (Phi) is 11.0. The third kappa shape index (κ3) is 7.31. The van der Waals surface area contributed by atoms with Crippen molar-refractivity contribution in [2.24, 2.45) is 0 Å². The Bertz CT molecular complexity index is 414. The van der Waals surface area contributed by atoms with Crippen molar-refractivity contribution < 1.29 is 4.79 Å². The van der Waals surface area contributed by atoms with Gasteiger partial charge >= 0.3 is 0 Å². The minimum absolute atomic E-state index is 0.0641. The highest BCUT2D eigenvalue weighted by Gasteiger charge is 2.27. The van der Waals surface area contributed by atoms with Crippen LogP contribution in [0.2, 0.25) is 0 Å². The summed E-state index contributed by atoms with van der Waals surface area (Å²) < 4.78 is 1.66. The van der Waals surface area contributed by atoms with E-state index in [9.17, 15) is 4.79 Å². The highest BCUT2D eigenvalue weighted by atomic mass is 79.9. The first kappa shape index (κ1) is 20.4. The molecule has 2 nitrogen and oxygen atoms in total. The van der Waals surface area contributed by atoms with E-state index in [0.717, 1.165) is 26.5 Å². The van der Waals surface area contributed by atoms with Gasteiger partial charge in [-0.2, -0.15) is 0 Å².